The maximum Gasteiger partial charge on any atom is 0.0595 e. The number of benzene rings is 1. The van der Waals surface area contributed by atoms with Gasteiger partial charge in [0.05, 0.1) is 10.0 Å². The number of nitrogens with one attached hydrogen (secondary N) is 1. The van der Waals surface area contributed by atoms with E-state index < -0.39 is 0 Å². The van der Waals surface area contributed by atoms with Crippen LogP contribution in [0.25, 0.3) is 0 Å². The highest BCUT2D eigenvalue weighted by Crippen LogP contribution is 2.30. The first kappa shape index (κ1) is 10.3. The van der Waals surface area contributed by atoms with Crippen LogP contribution in [0, 0.1) is 0 Å². The van der Waals surface area contributed by atoms with Crippen LogP contribution in [0.3, 0.4) is 0 Å². The second kappa shape index (κ2) is 4.52. The fraction of sp³-hybridized carbons (Fsp3) is 0.455. The number of hydrogen-bond acceptors (Lipinski definition) is 1. The molecule has 0 amide bonds. The van der Waals surface area contributed by atoms with Gasteiger partial charge in [0.25, 0.3) is 0 Å². The first-order valence-corrected chi connectivity index (χ1v) is 5.68. The molecule has 0 unspecified atom stereocenters. The molecule has 1 aromatic rings. The van der Waals surface area contributed by atoms with E-state index in [2.05, 4.69) is 11.4 Å². The van der Waals surface area contributed by atoms with E-state index in [1.807, 2.05) is 12.1 Å². The first-order valence-electron chi connectivity index (χ1n) is 4.93. The Morgan fingerprint density at radius 3 is 2.43 bits per heavy atom. The SMILES string of the molecule is Clc1ccc(C2CCNCC2)cc1Cl. The van der Waals surface area contributed by atoms with Crippen molar-refractivity contribution < 1.29 is 0 Å². The molecule has 0 bridgehead atoms. The van der Waals surface area contributed by atoms with E-state index in [4.69, 9.17) is 23.2 Å². The molecule has 0 aromatic heterocycles. The Bertz CT molecular complexity index is 319. The fourth-order valence-electron chi connectivity index (χ4n) is 1.92. The van der Waals surface area contributed by atoms with Gasteiger partial charge in [-0.25, -0.2) is 0 Å². The minimum Gasteiger partial charge on any atom is -0.317 e. The van der Waals surface area contributed by atoms with Crippen molar-refractivity contribution in [1.82, 2.24) is 5.32 Å². The number of hydrogen-bond donors (Lipinski definition) is 1. The van der Waals surface area contributed by atoms with Crippen LogP contribution in [0.1, 0.15) is 24.3 Å². The zero-order valence-electron chi connectivity index (χ0n) is 7.89. The predicted molar refractivity (Wildman–Crippen MR) is 61.3 cm³/mol. The summed E-state index contributed by atoms with van der Waals surface area (Å²) in [6, 6.07) is 5.98. The average Bonchev–Trinajstić information content (AvgIpc) is 2.23. The zero-order valence-corrected chi connectivity index (χ0v) is 9.41. The minimum absolute atomic E-state index is 0.643. The van der Waals surface area contributed by atoms with Crippen LogP contribution in [0.5, 0.6) is 0 Å². The third kappa shape index (κ3) is 2.22. The van der Waals surface area contributed by atoms with Crippen LogP contribution in [0.15, 0.2) is 18.2 Å². The molecule has 0 radical (unpaired) electrons. The Labute approximate surface area is 94.4 Å². The summed E-state index contributed by atoms with van der Waals surface area (Å²) in [7, 11) is 0. The van der Waals surface area contributed by atoms with Crippen molar-refractivity contribution in [2.75, 3.05) is 13.1 Å². The van der Waals surface area contributed by atoms with Crippen LogP contribution in [-0.4, -0.2) is 13.1 Å². The summed E-state index contributed by atoms with van der Waals surface area (Å²) in [5.74, 6) is 0.644. The van der Waals surface area contributed by atoms with Crippen LogP contribution in [0.2, 0.25) is 10.0 Å². The van der Waals surface area contributed by atoms with Crippen molar-refractivity contribution in [1.29, 1.82) is 0 Å². The lowest BCUT2D eigenvalue weighted by Gasteiger charge is -2.23. The molecule has 1 fully saturated rings. The molecule has 1 aliphatic heterocycles. The number of piperidine rings is 1. The van der Waals surface area contributed by atoms with Crippen LogP contribution in [0.4, 0.5) is 0 Å². The summed E-state index contributed by atoms with van der Waals surface area (Å²) >= 11 is 11.9. The van der Waals surface area contributed by atoms with E-state index in [0.717, 1.165) is 13.1 Å². The summed E-state index contributed by atoms with van der Waals surface area (Å²) in [5, 5.41) is 4.66. The van der Waals surface area contributed by atoms with Gasteiger partial charge >= 0.3 is 0 Å². The lowest BCUT2D eigenvalue weighted by atomic mass is 9.90. The molecule has 76 valence electrons. The molecule has 1 nitrogen and oxygen atoms in total. The van der Waals surface area contributed by atoms with Gasteiger partial charge < -0.3 is 5.32 Å². The third-order valence-corrected chi connectivity index (χ3v) is 3.49. The Morgan fingerprint density at radius 1 is 1.07 bits per heavy atom. The molecule has 1 heterocycles. The largest absolute Gasteiger partial charge is 0.317 e. The summed E-state index contributed by atoms with van der Waals surface area (Å²) in [6.45, 7) is 2.20. The molecule has 1 aliphatic rings. The minimum atomic E-state index is 0.643. The summed E-state index contributed by atoms with van der Waals surface area (Å²) in [5.41, 5.74) is 1.32. The van der Waals surface area contributed by atoms with Crippen molar-refractivity contribution in [3.63, 3.8) is 0 Å². The molecule has 1 N–H and O–H groups in total. The van der Waals surface area contributed by atoms with Gasteiger partial charge in [0.2, 0.25) is 0 Å². The lowest BCUT2D eigenvalue weighted by Crippen LogP contribution is -2.26. The van der Waals surface area contributed by atoms with Crippen LogP contribution in [-0.2, 0) is 0 Å². The number of rotatable bonds is 1. The average molecular weight is 230 g/mol. The molecular weight excluding hydrogens is 217 g/mol. The van der Waals surface area contributed by atoms with E-state index in [9.17, 15) is 0 Å². The monoisotopic (exact) mass is 229 g/mol. The number of halogens is 2. The smallest absolute Gasteiger partial charge is 0.0595 e. The van der Waals surface area contributed by atoms with Gasteiger partial charge in [-0.2, -0.15) is 0 Å². The fourth-order valence-corrected chi connectivity index (χ4v) is 2.23. The van der Waals surface area contributed by atoms with Gasteiger partial charge in [-0.3, -0.25) is 0 Å². The Hall–Kier alpha value is -0.240. The molecule has 0 spiro atoms. The molecule has 1 aromatic carbocycles. The summed E-state index contributed by atoms with van der Waals surface area (Å²) in [6.07, 6.45) is 2.38. The molecule has 0 atom stereocenters. The highest BCUT2D eigenvalue weighted by molar-refractivity contribution is 6.42. The lowest BCUT2D eigenvalue weighted by molar-refractivity contribution is 0.460. The predicted octanol–water partition coefficient (Wildman–Crippen LogP) is 3.46. The second-order valence-electron chi connectivity index (χ2n) is 3.70. The van der Waals surface area contributed by atoms with Gasteiger partial charge in [0.15, 0.2) is 0 Å². The highest BCUT2D eigenvalue weighted by atomic mass is 35.5. The Morgan fingerprint density at radius 2 is 1.79 bits per heavy atom. The second-order valence-corrected chi connectivity index (χ2v) is 4.51. The van der Waals surface area contributed by atoms with Crippen LogP contribution >= 0.6 is 23.2 Å². The standard InChI is InChI=1S/C11H13Cl2N/c12-10-2-1-9(7-11(10)13)8-3-5-14-6-4-8/h1-2,7-8,14H,3-6H2. The quantitative estimate of drug-likeness (QED) is 0.778. The summed E-state index contributed by atoms with van der Waals surface area (Å²) in [4.78, 5) is 0. The zero-order chi connectivity index (χ0) is 9.97. The molecule has 3 heteroatoms. The van der Waals surface area contributed by atoms with E-state index in [-0.39, 0.29) is 0 Å². The molecule has 0 aliphatic carbocycles. The van der Waals surface area contributed by atoms with Crippen molar-refractivity contribution in [3.05, 3.63) is 33.8 Å². The van der Waals surface area contributed by atoms with Gasteiger partial charge in [0, 0.05) is 0 Å². The molecule has 2 rings (SSSR count). The highest BCUT2D eigenvalue weighted by Gasteiger charge is 2.15. The maximum absolute atomic E-state index is 5.99. The molecule has 1 saturated heterocycles. The third-order valence-electron chi connectivity index (χ3n) is 2.75. The van der Waals surface area contributed by atoms with Crippen LogP contribution < -0.4 is 5.32 Å². The Balaban J connectivity index is 2.18. The van der Waals surface area contributed by atoms with Gasteiger partial charge in [0.1, 0.15) is 0 Å². The van der Waals surface area contributed by atoms with E-state index in [1.54, 1.807) is 0 Å². The molecule has 14 heavy (non-hydrogen) atoms. The normalized spacial score (nSPS) is 18.4. The van der Waals surface area contributed by atoms with Gasteiger partial charge in [-0.05, 0) is 49.5 Å². The van der Waals surface area contributed by atoms with E-state index in [1.165, 1.54) is 18.4 Å². The first-order chi connectivity index (χ1) is 6.77. The maximum atomic E-state index is 5.99. The molecular formula is C11H13Cl2N. The van der Waals surface area contributed by atoms with Gasteiger partial charge in [-0.15, -0.1) is 0 Å². The van der Waals surface area contributed by atoms with Crippen molar-refractivity contribution in [3.8, 4) is 0 Å². The Kier molecular flexibility index (Phi) is 3.32. The van der Waals surface area contributed by atoms with Gasteiger partial charge in [-0.1, -0.05) is 29.3 Å². The van der Waals surface area contributed by atoms with E-state index >= 15 is 0 Å². The van der Waals surface area contributed by atoms with Crippen molar-refractivity contribution in [2.24, 2.45) is 0 Å². The van der Waals surface area contributed by atoms with Crippen molar-refractivity contribution >= 4 is 23.2 Å². The molecule has 0 saturated carbocycles. The summed E-state index contributed by atoms with van der Waals surface area (Å²) < 4.78 is 0. The topological polar surface area (TPSA) is 12.0 Å². The van der Waals surface area contributed by atoms with Crippen molar-refractivity contribution in [2.45, 2.75) is 18.8 Å². The van der Waals surface area contributed by atoms with E-state index in [0.29, 0.717) is 16.0 Å².